The van der Waals surface area contributed by atoms with Crippen molar-refractivity contribution in [2.75, 3.05) is 13.2 Å². The van der Waals surface area contributed by atoms with Gasteiger partial charge in [-0.05, 0) is 36.1 Å². The molecule has 2 saturated heterocycles. The number of piperidine rings is 1. The lowest BCUT2D eigenvalue weighted by Gasteiger charge is -2.52. The molecule has 2 unspecified atom stereocenters. The minimum Gasteiger partial charge on any atom is -0.389 e. The smallest absolute Gasteiger partial charge is 0.159 e. The summed E-state index contributed by atoms with van der Waals surface area (Å²) in [5, 5.41) is 11.2. The van der Waals surface area contributed by atoms with Gasteiger partial charge < -0.3 is 9.84 Å². The average Bonchev–Trinajstić information content (AvgIpc) is 2.60. The van der Waals surface area contributed by atoms with Gasteiger partial charge in [-0.15, -0.1) is 0 Å². The molecule has 5 heteroatoms. The fraction of sp³-hybridized carbons (Fsp3) is 0.429. The van der Waals surface area contributed by atoms with Gasteiger partial charge in [0.15, 0.2) is 11.6 Å². The molecule has 0 saturated carbocycles. The number of benzene rings is 2. The van der Waals surface area contributed by atoms with Crippen LogP contribution in [-0.2, 0) is 17.7 Å². The molecule has 1 N–H and O–H groups in total. The van der Waals surface area contributed by atoms with Crippen LogP contribution in [0.3, 0.4) is 0 Å². The summed E-state index contributed by atoms with van der Waals surface area (Å²) in [6.45, 7) is 2.01. The highest BCUT2D eigenvalue weighted by molar-refractivity contribution is 5.21. The van der Waals surface area contributed by atoms with Crippen molar-refractivity contribution in [1.29, 1.82) is 0 Å². The second kappa shape index (κ2) is 7.06. The minimum absolute atomic E-state index is 0.123. The number of morpholine rings is 1. The summed E-state index contributed by atoms with van der Waals surface area (Å²) >= 11 is 0. The van der Waals surface area contributed by atoms with Crippen LogP contribution in [0.25, 0.3) is 0 Å². The highest BCUT2D eigenvalue weighted by Crippen LogP contribution is 2.37. The van der Waals surface area contributed by atoms with Crippen LogP contribution in [0.5, 0.6) is 0 Å². The van der Waals surface area contributed by atoms with E-state index in [2.05, 4.69) is 17.0 Å². The lowest BCUT2D eigenvalue weighted by Crippen LogP contribution is -2.61. The number of fused-ring (bicyclic) bond motifs is 2. The fourth-order valence-corrected chi connectivity index (χ4v) is 4.37. The lowest BCUT2D eigenvalue weighted by atomic mass is 9.77. The Bertz CT molecular complexity index is 754. The first-order valence-electron chi connectivity index (χ1n) is 9.06. The quantitative estimate of drug-likeness (QED) is 0.909. The highest BCUT2D eigenvalue weighted by Gasteiger charge is 2.46. The molecule has 2 atom stereocenters. The van der Waals surface area contributed by atoms with Gasteiger partial charge in [-0.25, -0.2) is 8.78 Å². The molecular formula is C21H23F2NO2. The predicted octanol–water partition coefficient (Wildman–Crippen LogP) is 3.30. The number of hydrogen-bond acceptors (Lipinski definition) is 3. The Morgan fingerprint density at radius 1 is 0.962 bits per heavy atom. The van der Waals surface area contributed by atoms with Gasteiger partial charge in [-0.2, -0.15) is 0 Å². The highest BCUT2D eigenvalue weighted by atomic mass is 19.2. The van der Waals surface area contributed by atoms with E-state index in [0.717, 1.165) is 12.6 Å². The summed E-state index contributed by atoms with van der Waals surface area (Å²) in [6.07, 6.45) is 1.46. The van der Waals surface area contributed by atoms with Crippen LogP contribution in [0.2, 0.25) is 0 Å². The first kappa shape index (κ1) is 17.6. The standard InChI is InChI=1S/C21H23F2NO2/c22-19-7-6-16(8-20(19)23)9-21(25)10-17-13-26-14-18(11-21)24(17)12-15-4-2-1-3-5-15/h1-8,17-18,25H,9-14H2. The van der Waals surface area contributed by atoms with Crippen LogP contribution in [0.4, 0.5) is 8.78 Å². The van der Waals surface area contributed by atoms with Crippen molar-refractivity contribution < 1.29 is 18.6 Å². The number of nitrogens with zero attached hydrogens (tertiary/aromatic N) is 1. The number of hydrogen-bond donors (Lipinski definition) is 1. The molecule has 0 amide bonds. The third-order valence-electron chi connectivity index (χ3n) is 5.51. The van der Waals surface area contributed by atoms with E-state index >= 15 is 0 Å². The maximum Gasteiger partial charge on any atom is 0.159 e. The van der Waals surface area contributed by atoms with Gasteiger partial charge in [0.2, 0.25) is 0 Å². The molecule has 2 bridgehead atoms. The molecule has 4 rings (SSSR count). The zero-order valence-corrected chi connectivity index (χ0v) is 14.6. The number of halogens is 2. The molecule has 2 heterocycles. The molecule has 0 aromatic heterocycles. The van der Waals surface area contributed by atoms with Crippen LogP contribution < -0.4 is 0 Å². The molecule has 2 aromatic carbocycles. The van der Waals surface area contributed by atoms with Crippen LogP contribution in [0, 0.1) is 11.6 Å². The van der Waals surface area contributed by atoms with Crippen LogP contribution in [-0.4, -0.2) is 40.9 Å². The molecule has 2 fully saturated rings. The fourth-order valence-electron chi connectivity index (χ4n) is 4.37. The molecule has 0 spiro atoms. The summed E-state index contributed by atoms with van der Waals surface area (Å²) in [5.74, 6) is -1.72. The number of aliphatic hydroxyl groups is 1. The van der Waals surface area contributed by atoms with E-state index in [0.29, 0.717) is 38.0 Å². The van der Waals surface area contributed by atoms with Crippen LogP contribution in [0.15, 0.2) is 48.5 Å². The van der Waals surface area contributed by atoms with E-state index in [1.54, 1.807) is 6.07 Å². The summed E-state index contributed by atoms with van der Waals surface area (Å²) in [7, 11) is 0. The van der Waals surface area contributed by atoms with E-state index in [9.17, 15) is 13.9 Å². The second-order valence-electron chi connectivity index (χ2n) is 7.56. The van der Waals surface area contributed by atoms with Crippen LogP contribution >= 0.6 is 0 Å². The average molecular weight is 359 g/mol. The Balaban J connectivity index is 1.50. The third kappa shape index (κ3) is 3.65. The van der Waals surface area contributed by atoms with E-state index in [4.69, 9.17) is 4.74 Å². The molecule has 0 radical (unpaired) electrons. The molecule has 2 aliphatic heterocycles. The van der Waals surface area contributed by atoms with E-state index in [1.165, 1.54) is 11.6 Å². The number of rotatable bonds is 4. The molecular weight excluding hydrogens is 336 g/mol. The largest absolute Gasteiger partial charge is 0.389 e. The number of ether oxygens (including phenoxy) is 1. The Hall–Kier alpha value is -1.82. The normalized spacial score (nSPS) is 28.9. The maximum absolute atomic E-state index is 13.5. The van der Waals surface area contributed by atoms with Crippen molar-refractivity contribution >= 4 is 0 Å². The van der Waals surface area contributed by atoms with Gasteiger partial charge >= 0.3 is 0 Å². The molecule has 26 heavy (non-hydrogen) atoms. The van der Waals surface area contributed by atoms with Crippen molar-refractivity contribution in [1.82, 2.24) is 4.90 Å². The Morgan fingerprint density at radius 3 is 2.31 bits per heavy atom. The van der Waals surface area contributed by atoms with Gasteiger partial charge in [0.05, 0.1) is 18.8 Å². The monoisotopic (exact) mass is 359 g/mol. The molecule has 3 nitrogen and oxygen atoms in total. The molecule has 2 aromatic rings. The van der Waals surface area contributed by atoms with Gasteiger partial charge in [-0.1, -0.05) is 36.4 Å². The van der Waals surface area contributed by atoms with E-state index in [1.807, 2.05) is 18.2 Å². The Labute approximate surface area is 152 Å². The van der Waals surface area contributed by atoms with Crippen molar-refractivity contribution in [3.05, 3.63) is 71.3 Å². The molecule has 138 valence electrons. The van der Waals surface area contributed by atoms with Gasteiger partial charge in [0.25, 0.3) is 0 Å². The summed E-state index contributed by atoms with van der Waals surface area (Å²) in [6, 6.07) is 14.4. The second-order valence-corrected chi connectivity index (χ2v) is 7.56. The first-order valence-corrected chi connectivity index (χ1v) is 9.06. The van der Waals surface area contributed by atoms with E-state index < -0.39 is 17.2 Å². The minimum atomic E-state index is -0.920. The van der Waals surface area contributed by atoms with Crippen molar-refractivity contribution in [2.24, 2.45) is 0 Å². The summed E-state index contributed by atoms with van der Waals surface area (Å²) < 4.78 is 32.4. The topological polar surface area (TPSA) is 32.7 Å². The Morgan fingerprint density at radius 2 is 1.65 bits per heavy atom. The van der Waals surface area contributed by atoms with Crippen LogP contribution in [0.1, 0.15) is 24.0 Å². The molecule has 0 aliphatic carbocycles. The van der Waals surface area contributed by atoms with Crippen molar-refractivity contribution in [2.45, 2.75) is 43.5 Å². The zero-order chi connectivity index (χ0) is 18.1. The summed E-state index contributed by atoms with van der Waals surface area (Å²) in [4.78, 5) is 2.42. The third-order valence-corrected chi connectivity index (χ3v) is 5.51. The lowest BCUT2D eigenvalue weighted by molar-refractivity contribution is -0.145. The van der Waals surface area contributed by atoms with Crippen molar-refractivity contribution in [3.63, 3.8) is 0 Å². The van der Waals surface area contributed by atoms with E-state index in [-0.39, 0.29) is 12.1 Å². The maximum atomic E-state index is 13.5. The zero-order valence-electron chi connectivity index (χ0n) is 14.6. The van der Waals surface area contributed by atoms with Gasteiger partial charge in [-0.3, -0.25) is 4.90 Å². The van der Waals surface area contributed by atoms with Crippen molar-refractivity contribution in [3.8, 4) is 0 Å². The SMILES string of the molecule is OC1(Cc2ccc(F)c(F)c2)CC2COCC(C1)N2Cc1ccccc1. The Kier molecular flexibility index (Phi) is 4.78. The predicted molar refractivity (Wildman–Crippen MR) is 94.6 cm³/mol. The first-order chi connectivity index (χ1) is 12.5. The summed E-state index contributed by atoms with van der Waals surface area (Å²) in [5.41, 5.74) is 0.952. The van der Waals surface area contributed by atoms with Gasteiger partial charge in [0.1, 0.15) is 0 Å². The molecule has 2 aliphatic rings. The van der Waals surface area contributed by atoms with Gasteiger partial charge in [0, 0.05) is 25.0 Å².